The van der Waals surface area contributed by atoms with Crippen LogP contribution in [0.15, 0.2) is 49.1 Å². The van der Waals surface area contributed by atoms with Crippen LogP contribution in [0.1, 0.15) is 55.1 Å². The number of nitrogens with zero attached hydrogens (tertiary/aromatic N) is 6. The van der Waals surface area contributed by atoms with E-state index in [9.17, 15) is 4.79 Å². The van der Waals surface area contributed by atoms with E-state index >= 15 is 0 Å². The van der Waals surface area contributed by atoms with Crippen molar-refractivity contribution in [2.24, 2.45) is 0 Å². The Morgan fingerprint density at radius 1 is 1.09 bits per heavy atom. The first kappa shape index (κ1) is 22.8. The number of hydrogen-bond donors (Lipinski definition) is 0. The van der Waals surface area contributed by atoms with Crippen molar-refractivity contribution in [3.63, 3.8) is 0 Å². The van der Waals surface area contributed by atoms with Gasteiger partial charge in [-0.25, -0.2) is 9.97 Å². The maximum Gasteiger partial charge on any atom is 0.225 e. The summed E-state index contributed by atoms with van der Waals surface area (Å²) in [5.74, 6) is 0.853. The van der Waals surface area contributed by atoms with Crippen LogP contribution in [0.5, 0.6) is 0 Å². The Bertz CT molecular complexity index is 1090. The predicted octanol–water partition coefficient (Wildman–Crippen LogP) is 4.38. The molecule has 1 fully saturated rings. The van der Waals surface area contributed by atoms with Gasteiger partial charge in [0.1, 0.15) is 0 Å². The summed E-state index contributed by atoms with van der Waals surface area (Å²) in [6.07, 6.45) is 12.5. The number of aromatic nitrogens is 4. The lowest BCUT2D eigenvalue weighted by molar-refractivity contribution is -0.135. The molecule has 0 aliphatic carbocycles. The average molecular weight is 445 g/mol. The summed E-state index contributed by atoms with van der Waals surface area (Å²) in [5, 5.41) is 0. The highest BCUT2D eigenvalue weighted by molar-refractivity contribution is 5.78. The van der Waals surface area contributed by atoms with Crippen molar-refractivity contribution in [2.45, 2.75) is 51.5 Å². The fourth-order valence-corrected chi connectivity index (χ4v) is 4.46. The normalized spacial score (nSPS) is 16.0. The van der Waals surface area contributed by atoms with Crippen molar-refractivity contribution in [2.75, 3.05) is 25.5 Å². The third kappa shape index (κ3) is 5.35. The molecule has 0 bridgehead atoms. The Morgan fingerprint density at radius 2 is 1.97 bits per heavy atom. The highest BCUT2D eigenvalue weighted by Crippen LogP contribution is 2.37. The van der Waals surface area contributed by atoms with Crippen LogP contribution < -0.4 is 4.90 Å². The third-order valence-electron chi connectivity index (χ3n) is 6.20. The highest BCUT2D eigenvalue weighted by atomic mass is 16.2. The Balaban J connectivity index is 1.61. The maximum atomic E-state index is 13.3. The van der Waals surface area contributed by atoms with Crippen LogP contribution in [-0.2, 0) is 11.2 Å². The van der Waals surface area contributed by atoms with Crippen molar-refractivity contribution >= 4 is 11.9 Å². The second-order valence-corrected chi connectivity index (χ2v) is 8.83. The molecule has 172 valence electrons. The molecule has 0 N–H and O–H groups in total. The molecular formula is C26H32N6O. The van der Waals surface area contributed by atoms with Crippen LogP contribution in [-0.4, -0.2) is 51.4 Å². The van der Waals surface area contributed by atoms with E-state index in [1.807, 2.05) is 67.5 Å². The van der Waals surface area contributed by atoms with Crippen LogP contribution in [0.3, 0.4) is 0 Å². The Morgan fingerprint density at radius 3 is 2.73 bits per heavy atom. The fourth-order valence-electron chi connectivity index (χ4n) is 4.46. The van der Waals surface area contributed by atoms with Gasteiger partial charge >= 0.3 is 0 Å². The van der Waals surface area contributed by atoms with Crippen molar-refractivity contribution in [3.05, 3.63) is 66.0 Å². The first-order valence-corrected chi connectivity index (χ1v) is 11.7. The van der Waals surface area contributed by atoms with Crippen LogP contribution >= 0.6 is 0 Å². The Kier molecular flexibility index (Phi) is 7.27. The van der Waals surface area contributed by atoms with E-state index in [0.29, 0.717) is 12.4 Å². The van der Waals surface area contributed by atoms with Crippen LogP contribution in [0, 0.1) is 6.92 Å². The number of carbonyl (C=O) groups excluding carboxylic acids is 1. The molecule has 4 rings (SSSR count). The van der Waals surface area contributed by atoms with Gasteiger partial charge in [-0.2, -0.15) is 0 Å². The largest absolute Gasteiger partial charge is 0.347 e. The molecule has 3 aromatic rings. The molecule has 0 unspecified atom stereocenters. The molecular weight excluding hydrogens is 412 g/mol. The van der Waals surface area contributed by atoms with Crippen LogP contribution in [0.25, 0.3) is 11.1 Å². The van der Waals surface area contributed by atoms with Crippen molar-refractivity contribution < 1.29 is 4.79 Å². The van der Waals surface area contributed by atoms with E-state index in [-0.39, 0.29) is 11.9 Å². The van der Waals surface area contributed by atoms with Gasteiger partial charge in [0.05, 0.1) is 11.7 Å². The lowest BCUT2D eigenvalue weighted by atomic mass is 9.92. The molecule has 1 saturated heterocycles. The van der Waals surface area contributed by atoms with E-state index in [1.165, 1.54) is 0 Å². The van der Waals surface area contributed by atoms with E-state index < -0.39 is 0 Å². The summed E-state index contributed by atoms with van der Waals surface area (Å²) in [6.45, 7) is 2.82. The van der Waals surface area contributed by atoms with Gasteiger partial charge in [-0.05, 0) is 68.4 Å². The van der Waals surface area contributed by atoms with Gasteiger partial charge < -0.3 is 9.80 Å². The SMILES string of the molecule is Cc1cnccc1-c1cnc(N(C)C)nc1[C@@H]1CCCCN1C(=O)CCCc1ccccn1. The molecule has 1 aliphatic rings. The molecule has 3 aromatic heterocycles. The molecule has 0 radical (unpaired) electrons. The summed E-state index contributed by atoms with van der Waals surface area (Å²) >= 11 is 0. The summed E-state index contributed by atoms with van der Waals surface area (Å²) < 4.78 is 0. The lowest BCUT2D eigenvalue weighted by Crippen LogP contribution is -2.39. The zero-order chi connectivity index (χ0) is 23.2. The predicted molar refractivity (Wildman–Crippen MR) is 130 cm³/mol. The molecule has 4 heterocycles. The number of hydrogen-bond acceptors (Lipinski definition) is 6. The molecule has 7 nitrogen and oxygen atoms in total. The van der Waals surface area contributed by atoms with E-state index in [2.05, 4.69) is 15.0 Å². The fraction of sp³-hybridized carbons (Fsp3) is 0.423. The number of rotatable bonds is 7. The van der Waals surface area contributed by atoms with Gasteiger partial charge in [0.25, 0.3) is 0 Å². The van der Waals surface area contributed by atoms with E-state index in [4.69, 9.17) is 4.98 Å². The number of anilines is 1. The zero-order valence-corrected chi connectivity index (χ0v) is 19.7. The third-order valence-corrected chi connectivity index (χ3v) is 6.20. The molecule has 7 heteroatoms. The van der Waals surface area contributed by atoms with Gasteiger partial charge in [-0.15, -0.1) is 0 Å². The molecule has 1 atom stereocenters. The number of carbonyl (C=O) groups is 1. The molecule has 0 spiro atoms. The van der Waals surface area contributed by atoms with Gasteiger partial charge in [0.15, 0.2) is 0 Å². The van der Waals surface area contributed by atoms with Crippen LogP contribution in [0.2, 0.25) is 0 Å². The van der Waals surface area contributed by atoms with Gasteiger partial charge in [0, 0.05) is 63.1 Å². The monoisotopic (exact) mass is 444 g/mol. The van der Waals surface area contributed by atoms with Crippen LogP contribution in [0.4, 0.5) is 5.95 Å². The molecule has 1 aliphatic heterocycles. The summed E-state index contributed by atoms with van der Waals surface area (Å²) in [5.41, 5.74) is 5.09. The number of likely N-dealkylation sites (tertiary alicyclic amines) is 1. The molecule has 0 saturated carbocycles. The summed E-state index contributed by atoms with van der Waals surface area (Å²) in [4.78, 5) is 35.5. The standard InChI is InChI=1S/C26H32N6O/c1-19-17-27-15-13-21(19)22-18-29-26(31(2)3)30-25(22)23-11-5-7-16-32(23)24(33)12-8-10-20-9-4-6-14-28-20/h4,6,9,13-15,17-18,23H,5,7-8,10-12,16H2,1-3H3/t23-/m0/s1. The number of pyridine rings is 2. The maximum absolute atomic E-state index is 13.3. The van der Waals surface area contributed by atoms with Crippen molar-refractivity contribution in [1.82, 2.24) is 24.8 Å². The van der Waals surface area contributed by atoms with Gasteiger partial charge in [-0.3, -0.25) is 14.8 Å². The Labute approximate surface area is 195 Å². The summed E-state index contributed by atoms with van der Waals surface area (Å²) in [7, 11) is 3.88. The van der Waals surface area contributed by atoms with E-state index in [1.54, 1.807) is 12.4 Å². The van der Waals surface area contributed by atoms with E-state index in [0.717, 1.165) is 66.7 Å². The number of amides is 1. The molecule has 0 aromatic carbocycles. The van der Waals surface area contributed by atoms with Crippen molar-refractivity contribution in [1.29, 1.82) is 0 Å². The number of aryl methyl sites for hydroxylation is 2. The van der Waals surface area contributed by atoms with Gasteiger partial charge in [0.2, 0.25) is 11.9 Å². The minimum absolute atomic E-state index is 0.0506. The second-order valence-electron chi connectivity index (χ2n) is 8.83. The van der Waals surface area contributed by atoms with Crippen molar-refractivity contribution in [3.8, 4) is 11.1 Å². The quantitative estimate of drug-likeness (QED) is 0.538. The van der Waals surface area contributed by atoms with Gasteiger partial charge in [-0.1, -0.05) is 6.07 Å². The highest BCUT2D eigenvalue weighted by Gasteiger charge is 2.31. The lowest BCUT2D eigenvalue weighted by Gasteiger charge is -2.36. The Hall–Kier alpha value is -3.35. The molecule has 33 heavy (non-hydrogen) atoms. The minimum atomic E-state index is -0.0506. The summed E-state index contributed by atoms with van der Waals surface area (Å²) in [6, 6.07) is 7.88. The minimum Gasteiger partial charge on any atom is -0.347 e. The topological polar surface area (TPSA) is 75.1 Å². The zero-order valence-electron chi connectivity index (χ0n) is 19.7. The molecule has 1 amide bonds. The second kappa shape index (κ2) is 10.5. The first-order valence-electron chi connectivity index (χ1n) is 11.7. The first-order chi connectivity index (χ1) is 16.0. The average Bonchev–Trinajstić information content (AvgIpc) is 2.84. The number of piperidine rings is 1. The smallest absolute Gasteiger partial charge is 0.225 e.